The van der Waals surface area contributed by atoms with Gasteiger partial charge in [0, 0.05) is 11.5 Å². The minimum atomic E-state index is -3.68. The first-order valence-electron chi connectivity index (χ1n) is 5.87. The lowest BCUT2D eigenvalue weighted by Gasteiger charge is -2.08. The molecule has 1 unspecified atom stereocenters. The highest BCUT2D eigenvalue weighted by molar-refractivity contribution is 7.99. The Balaban J connectivity index is 2.31. The van der Waals surface area contributed by atoms with Gasteiger partial charge in [0.15, 0.2) is 0 Å². The van der Waals surface area contributed by atoms with Crippen molar-refractivity contribution in [1.29, 1.82) is 0 Å². The molecule has 0 radical (unpaired) electrons. The number of benzene rings is 1. The number of ether oxygens (including phenoxy) is 1. The van der Waals surface area contributed by atoms with Crippen molar-refractivity contribution in [2.24, 2.45) is 11.1 Å². The summed E-state index contributed by atoms with van der Waals surface area (Å²) in [5, 5.41) is 13.7. The van der Waals surface area contributed by atoms with Crippen LogP contribution in [0.25, 0.3) is 0 Å². The maximum atomic E-state index is 11.0. The number of carboxylic acid groups (broad SMARTS) is 1. The van der Waals surface area contributed by atoms with Crippen LogP contribution >= 0.6 is 11.8 Å². The first-order chi connectivity index (χ1) is 9.30. The molecule has 1 aromatic rings. The summed E-state index contributed by atoms with van der Waals surface area (Å²) in [7, 11) is -3.68. The van der Waals surface area contributed by atoms with Crippen molar-refractivity contribution in [3.8, 4) is 5.75 Å². The van der Waals surface area contributed by atoms with Crippen molar-refractivity contribution in [2.45, 2.75) is 11.8 Å². The molecule has 0 saturated heterocycles. The van der Waals surface area contributed by atoms with E-state index in [1.807, 2.05) is 0 Å². The van der Waals surface area contributed by atoms with Crippen LogP contribution in [-0.2, 0) is 14.8 Å². The SMILES string of the molecule is CC(CSCCOc1ccc(S(N)(=O)=O)cc1)C(=O)O. The Labute approximate surface area is 122 Å². The third kappa shape index (κ3) is 5.81. The molecule has 0 spiro atoms. The number of carbonyl (C=O) groups is 1. The second-order valence-corrected chi connectivity index (χ2v) is 6.89. The van der Waals surface area contributed by atoms with Crippen LogP contribution in [0.15, 0.2) is 29.2 Å². The van der Waals surface area contributed by atoms with Crippen molar-refractivity contribution in [3.63, 3.8) is 0 Å². The lowest BCUT2D eigenvalue weighted by Crippen LogP contribution is -2.13. The monoisotopic (exact) mass is 319 g/mol. The lowest BCUT2D eigenvalue weighted by atomic mass is 10.2. The van der Waals surface area contributed by atoms with Gasteiger partial charge in [0.25, 0.3) is 0 Å². The topological polar surface area (TPSA) is 107 Å². The molecule has 0 aromatic heterocycles. The summed E-state index contributed by atoms with van der Waals surface area (Å²) in [6.45, 7) is 2.08. The molecule has 0 aliphatic rings. The van der Waals surface area contributed by atoms with E-state index in [0.717, 1.165) is 0 Å². The number of rotatable bonds is 8. The molecular formula is C12H17NO5S2. The van der Waals surface area contributed by atoms with Gasteiger partial charge in [-0.2, -0.15) is 11.8 Å². The second-order valence-electron chi connectivity index (χ2n) is 4.18. The number of sulfonamides is 1. The summed E-state index contributed by atoms with van der Waals surface area (Å²) < 4.78 is 27.5. The van der Waals surface area contributed by atoms with Gasteiger partial charge in [0.1, 0.15) is 5.75 Å². The number of nitrogens with two attached hydrogens (primary N) is 1. The minimum Gasteiger partial charge on any atom is -0.493 e. The summed E-state index contributed by atoms with van der Waals surface area (Å²) in [6, 6.07) is 5.82. The third-order valence-corrected chi connectivity index (χ3v) is 4.56. The van der Waals surface area contributed by atoms with Gasteiger partial charge in [-0.25, -0.2) is 13.6 Å². The van der Waals surface area contributed by atoms with Gasteiger partial charge in [-0.1, -0.05) is 6.92 Å². The quantitative estimate of drug-likeness (QED) is 0.697. The molecule has 0 saturated carbocycles. The first kappa shape index (κ1) is 16.8. The fourth-order valence-corrected chi connectivity index (χ4v) is 2.65. The number of aliphatic carboxylic acids is 1. The Kier molecular flexibility index (Phi) is 6.31. The molecular weight excluding hydrogens is 302 g/mol. The van der Waals surface area contributed by atoms with Gasteiger partial charge >= 0.3 is 5.97 Å². The molecule has 0 aliphatic heterocycles. The van der Waals surface area contributed by atoms with E-state index < -0.39 is 16.0 Å². The normalized spacial score (nSPS) is 12.9. The molecule has 0 fully saturated rings. The lowest BCUT2D eigenvalue weighted by molar-refractivity contribution is -0.140. The van der Waals surface area contributed by atoms with E-state index >= 15 is 0 Å². The molecule has 0 amide bonds. The van der Waals surface area contributed by atoms with Crippen LogP contribution in [0.2, 0.25) is 0 Å². The van der Waals surface area contributed by atoms with E-state index in [4.69, 9.17) is 15.0 Å². The van der Waals surface area contributed by atoms with Crippen LogP contribution < -0.4 is 9.88 Å². The van der Waals surface area contributed by atoms with Crippen LogP contribution in [0.3, 0.4) is 0 Å². The van der Waals surface area contributed by atoms with Crippen molar-refractivity contribution >= 4 is 27.8 Å². The highest BCUT2D eigenvalue weighted by Crippen LogP contribution is 2.15. The van der Waals surface area contributed by atoms with E-state index in [2.05, 4.69) is 0 Å². The molecule has 112 valence electrons. The molecule has 0 aliphatic carbocycles. The predicted molar refractivity (Wildman–Crippen MR) is 77.4 cm³/mol. The van der Waals surface area contributed by atoms with Gasteiger partial charge in [-0.05, 0) is 24.3 Å². The van der Waals surface area contributed by atoms with Crippen LogP contribution in [0.4, 0.5) is 0 Å². The van der Waals surface area contributed by atoms with Gasteiger partial charge in [0.05, 0.1) is 17.4 Å². The maximum absolute atomic E-state index is 11.0. The summed E-state index contributed by atoms with van der Waals surface area (Å²) in [4.78, 5) is 10.6. The third-order valence-electron chi connectivity index (χ3n) is 2.44. The van der Waals surface area contributed by atoms with Crippen molar-refractivity contribution in [1.82, 2.24) is 0 Å². The average molecular weight is 319 g/mol. The van der Waals surface area contributed by atoms with E-state index in [0.29, 0.717) is 23.9 Å². The Morgan fingerprint density at radius 3 is 2.50 bits per heavy atom. The van der Waals surface area contributed by atoms with Crippen molar-refractivity contribution in [2.75, 3.05) is 18.1 Å². The Morgan fingerprint density at radius 1 is 1.40 bits per heavy atom. The molecule has 20 heavy (non-hydrogen) atoms. The average Bonchev–Trinajstić information content (AvgIpc) is 2.37. The molecule has 0 bridgehead atoms. The van der Waals surface area contributed by atoms with Crippen molar-refractivity contribution < 1.29 is 23.1 Å². The predicted octanol–water partition coefficient (Wildman–Crippen LogP) is 1.17. The summed E-state index contributed by atoms with van der Waals surface area (Å²) >= 11 is 1.49. The van der Waals surface area contributed by atoms with Crippen LogP contribution in [0, 0.1) is 5.92 Å². The first-order valence-corrected chi connectivity index (χ1v) is 8.57. The fraction of sp³-hybridized carbons (Fsp3) is 0.417. The van der Waals surface area contributed by atoms with Crippen LogP contribution in [0.1, 0.15) is 6.92 Å². The van der Waals surface area contributed by atoms with Crippen LogP contribution in [0.5, 0.6) is 5.75 Å². The zero-order chi connectivity index (χ0) is 15.2. The molecule has 8 heteroatoms. The molecule has 6 nitrogen and oxygen atoms in total. The fourth-order valence-electron chi connectivity index (χ4n) is 1.28. The highest BCUT2D eigenvalue weighted by Gasteiger charge is 2.10. The largest absolute Gasteiger partial charge is 0.493 e. The number of hydrogen-bond donors (Lipinski definition) is 2. The molecule has 1 aromatic carbocycles. The summed E-state index contributed by atoms with van der Waals surface area (Å²) in [5.74, 6) is 0.549. The van der Waals surface area contributed by atoms with Gasteiger partial charge in [-0.3, -0.25) is 4.79 Å². The molecule has 1 rings (SSSR count). The molecule has 3 N–H and O–H groups in total. The van der Waals surface area contributed by atoms with E-state index in [9.17, 15) is 13.2 Å². The van der Waals surface area contributed by atoms with Gasteiger partial charge in [-0.15, -0.1) is 0 Å². The number of primary sulfonamides is 1. The number of hydrogen-bond acceptors (Lipinski definition) is 5. The summed E-state index contributed by atoms with van der Waals surface area (Å²) in [5.41, 5.74) is 0. The summed E-state index contributed by atoms with van der Waals surface area (Å²) in [6.07, 6.45) is 0. The van der Waals surface area contributed by atoms with Crippen molar-refractivity contribution in [3.05, 3.63) is 24.3 Å². The van der Waals surface area contributed by atoms with E-state index in [1.165, 1.54) is 36.0 Å². The van der Waals surface area contributed by atoms with Gasteiger partial charge < -0.3 is 9.84 Å². The Bertz CT molecular complexity index is 541. The minimum absolute atomic E-state index is 0.0366. The number of thioether (sulfide) groups is 1. The Hall–Kier alpha value is -1.25. The van der Waals surface area contributed by atoms with E-state index in [-0.39, 0.29) is 10.8 Å². The van der Waals surface area contributed by atoms with Gasteiger partial charge in [0.2, 0.25) is 10.0 Å². The Morgan fingerprint density at radius 2 is 2.00 bits per heavy atom. The van der Waals surface area contributed by atoms with E-state index in [1.54, 1.807) is 6.92 Å². The smallest absolute Gasteiger partial charge is 0.307 e. The zero-order valence-corrected chi connectivity index (χ0v) is 12.6. The molecule has 1 atom stereocenters. The highest BCUT2D eigenvalue weighted by atomic mass is 32.2. The second kappa shape index (κ2) is 7.51. The maximum Gasteiger partial charge on any atom is 0.307 e. The standard InChI is InChI=1S/C12H17NO5S2/c1-9(12(14)15)8-19-7-6-18-10-2-4-11(5-3-10)20(13,16)17/h2-5,9H,6-8H2,1H3,(H,14,15)(H2,13,16,17). The number of carboxylic acids is 1. The molecule has 0 heterocycles. The van der Waals surface area contributed by atoms with Crippen LogP contribution in [-0.4, -0.2) is 37.6 Å². The zero-order valence-electron chi connectivity index (χ0n) is 11.0.